The van der Waals surface area contributed by atoms with E-state index < -0.39 is 4.33 Å². The van der Waals surface area contributed by atoms with Gasteiger partial charge in [-0.2, -0.15) is 0 Å². The Hall–Kier alpha value is -0.660. The summed E-state index contributed by atoms with van der Waals surface area (Å²) in [5.74, 6) is 1.18. The van der Waals surface area contributed by atoms with Crippen LogP contribution in [-0.2, 0) is 0 Å². The zero-order valence-corrected chi connectivity index (χ0v) is 11.6. The van der Waals surface area contributed by atoms with Crippen LogP contribution in [0.25, 0.3) is 0 Å². The molecule has 0 aromatic heterocycles. The van der Waals surface area contributed by atoms with Gasteiger partial charge in [-0.1, -0.05) is 24.3 Å². The Morgan fingerprint density at radius 2 is 1.94 bits per heavy atom. The molecule has 0 aliphatic heterocycles. The van der Waals surface area contributed by atoms with Crippen molar-refractivity contribution in [3.05, 3.63) is 42.0 Å². The molecule has 1 aromatic rings. The summed E-state index contributed by atoms with van der Waals surface area (Å²) in [6.07, 6.45) is 0. The minimum atomic E-state index is -0.695. The predicted octanol–water partition coefficient (Wildman–Crippen LogP) is 4.55. The molecule has 17 heavy (non-hydrogen) atoms. The summed E-state index contributed by atoms with van der Waals surface area (Å²) in [6.45, 7) is 8.55. The summed E-state index contributed by atoms with van der Waals surface area (Å²) in [5.41, 5.74) is 2.18. The third-order valence-corrected chi connectivity index (χ3v) is 4.08. The van der Waals surface area contributed by atoms with Crippen LogP contribution in [0.1, 0.15) is 25.3 Å². The fourth-order valence-electron chi connectivity index (χ4n) is 2.29. The third kappa shape index (κ3) is 2.31. The van der Waals surface area contributed by atoms with Gasteiger partial charge in [-0.25, -0.2) is 0 Å². The van der Waals surface area contributed by atoms with Crippen LogP contribution in [0.5, 0.6) is 5.75 Å². The second kappa shape index (κ2) is 4.55. The van der Waals surface area contributed by atoms with Gasteiger partial charge in [0.15, 0.2) is 0 Å². The van der Waals surface area contributed by atoms with Crippen LogP contribution in [0.2, 0.25) is 0 Å². The molecule has 1 aromatic carbocycles. The second-order valence-corrected chi connectivity index (χ2v) is 5.92. The highest BCUT2D eigenvalue weighted by Gasteiger charge is 2.63. The maximum atomic E-state index is 6.28. The highest BCUT2D eigenvalue weighted by Crippen LogP contribution is 2.67. The van der Waals surface area contributed by atoms with Crippen molar-refractivity contribution in [2.24, 2.45) is 5.92 Å². The minimum Gasteiger partial charge on any atom is -0.494 e. The van der Waals surface area contributed by atoms with Crippen LogP contribution in [0.3, 0.4) is 0 Å². The molecule has 1 nitrogen and oxygen atoms in total. The van der Waals surface area contributed by atoms with E-state index in [0.717, 1.165) is 16.9 Å². The van der Waals surface area contributed by atoms with Crippen LogP contribution < -0.4 is 4.74 Å². The van der Waals surface area contributed by atoms with Gasteiger partial charge in [0, 0.05) is 11.8 Å². The zero-order valence-electron chi connectivity index (χ0n) is 10.0. The average molecular weight is 271 g/mol. The molecule has 0 N–H and O–H groups in total. The van der Waals surface area contributed by atoms with Gasteiger partial charge in [-0.15, -0.1) is 23.2 Å². The van der Waals surface area contributed by atoms with E-state index in [0.29, 0.717) is 6.61 Å². The third-order valence-electron chi connectivity index (χ3n) is 3.13. The van der Waals surface area contributed by atoms with Crippen molar-refractivity contribution in [3.63, 3.8) is 0 Å². The van der Waals surface area contributed by atoms with Crippen molar-refractivity contribution in [2.45, 2.75) is 24.1 Å². The minimum absolute atomic E-state index is 0.152. The molecule has 2 unspecified atom stereocenters. The molecule has 0 heterocycles. The molecular weight excluding hydrogens is 255 g/mol. The Morgan fingerprint density at radius 1 is 1.35 bits per heavy atom. The molecule has 1 fully saturated rings. The average Bonchev–Trinajstić information content (AvgIpc) is 2.83. The second-order valence-electron chi connectivity index (χ2n) is 4.48. The van der Waals surface area contributed by atoms with Crippen molar-refractivity contribution in [1.29, 1.82) is 0 Å². The summed E-state index contributed by atoms with van der Waals surface area (Å²) >= 11 is 12.6. The van der Waals surface area contributed by atoms with Crippen molar-refractivity contribution in [2.75, 3.05) is 6.61 Å². The monoisotopic (exact) mass is 270 g/mol. The molecule has 0 saturated heterocycles. The first kappa shape index (κ1) is 12.8. The number of hydrogen-bond acceptors (Lipinski definition) is 1. The summed E-state index contributed by atoms with van der Waals surface area (Å²) < 4.78 is 4.71. The van der Waals surface area contributed by atoms with Crippen LogP contribution in [0.4, 0.5) is 0 Å². The molecular formula is C14H16Cl2O. The Kier molecular flexibility index (Phi) is 3.42. The Labute approximate surface area is 112 Å². The van der Waals surface area contributed by atoms with Crippen molar-refractivity contribution in [3.8, 4) is 5.75 Å². The standard InChI is InChI=1S/C14H16Cl2O/c1-4-17-11-7-5-10(6-8-11)13-12(9(2)3)14(13,15)16/h5-8,12-13H,2,4H2,1,3H3. The maximum absolute atomic E-state index is 6.28. The predicted molar refractivity (Wildman–Crippen MR) is 73.1 cm³/mol. The molecule has 0 radical (unpaired) electrons. The van der Waals surface area contributed by atoms with E-state index >= 15 is 0 Å². The van der Waals surface area contributed by atoms with E-state index in [2.05, 4.69) is 6.58 Å². The van der Waals surface area contributed by atoms with Crippen LogP contribution in [-0.4, -0.2) is 10.9 Å². The number of hydrogen-bond donors (Lipinski definition) is 0. The van der Waals surface area contributed by atoms with Crippen molar-refractivity contribution in [1.82, 2.24) is 0 Å². The molecule has 2 atom stereocenters. The topological polar surface area (TPSA) is 9.23 Å². The largest absolute Gasteiger partial charge is 0.494 e. The first-order valence-electron chi connectivity index (χ1n) is 5.74. The first-order valence-corrected chi connectivity index (χ1v) is 6.50. The highest BCUT2D eigenvalue weighted by atomic mass is 35.5. The molecule has 1 aliphatic rings. The lowest BCUT2D eigenvalue weighted by Gasteiger charge is -2.04. The van der Waals surface area contributed by atoms with Gasteiger partial charge in [0.2, 0.25) is 0 Å². The van der Waals surface area contributed by atoms with Crippen LogP contribution in [0, 0.1) is 5.92 Å². The zero-order chi connectivity index (χ0) is 12.6. The lowest BCUT2D eigenvalue weighted by atomic mass is 10.1. The van der Waals surface area contributed by atoms with Crippen LogP contribution >= 0.6 is 23.2 Å². The van der Waals surface area contributed by atoms with E-state index in [4.69, 9.17) is 27.9 Å². The first-order chi connectivity index (χ1) is 7.98. The molecule has 2 rings (SSSR count). The molecule has 92 valence electrons. The van der Waals surface area contributed by atoms with Crippen LogP contribution in [0.15, 0.2) is 36.4 Å². The number of benzene rings is 1. The van der Waals surface area contributed by atoms with E-state index in [-0.39, 0.29) is 11.8 Å². The van der Waals surface area contributed by atoms with E-state index in [9.17, 15) is 0 Å². The summed E-state index contributed by atoms with van der Waals surface area (Å²) in [5, 5.41) is 0. The summed E-state index contributed by atoms with van der Waals surface area (Å²) in [4.78, 5) is 0. The summed E-state index contributed by atoms with van der Waals surface area (Å²) in [7, 11) is 0. The highest BCUT2D eigenvalue weighted by molar-refractivity contribution is 6.52. The number of allylic oxidation sites excluding steroid dienone is 1. The SMILES string of the molecule is C=C(C)C1C(c2ccc(OCC)cc2)C1(Cl)Cl. The Balaban J connectivity index is 2.17. The normalized spacial score (nSPS) is 25.4. The fourth-order valence-corrected chi connectivity index (χ4v) is 3.30. The number of alkyl halides is 2. The quantitative estimate of drug-likeness (QED) is 0.576. The molecule has 0 spiro atoms. The fraction of sp³-hybridized carbons (Fsp3) is 0.429. The van der Waals surface area contributed by atoms with Gasteiger partial charge < -0.3 is 4.74 Å². The number of ether oxygens (including phenoxy) is 1. The number of halogens is 2. The Morgan fingerprint density at radius 3 is 2.35 bits per heavy atom. The van der Waals surface area contributed by atoms with Gasteiger partial charge in [-0.3, -0.25) is 0 Å². The van der Waals surface area contributed by atoms with Gasteiger partial charge in [0.1, 0.15) is 10.1 Å². The lowest BCUT2D eigenvalue weighted by molar-refractivity contribution is 0.340. The Bertz CT molecular complexity index is 422. The van der Waals surface area contributed by atoms with E-state index in [1.54, 1.807) is 0 Å². The van der Waals surface area contributed by atoms with E-state index in [1.165, 1.54) is 0 Å². The van der Waals surface area contributed by atoms with Crippen molar-refractivity contribution >= 4 is 23.2 Å². The molecule has 0 amide bonds. The maximum Gasteiger partial charge on any atom is 0.132 e. The van der Waals surface area contributed by atoms with E-state index in [1.807, 2.05) is 38.1 Å². The molecule has 3 heteroatoms. The lowest BCUT2D eigenvalue weighted by Crippen LogP contribution is -1.93. The molecule has 1 aliphatic carbocycles. The molecule has 0 bridgehead atoms. The van der Waals surface area contributed by atoms with Gasteiger partial charge in [0.25, 0.3) is 0 Å². The molecule has 1 saturated carbocycles. The van der Waals surface area contributed by atoms with Crippen molar-refractivity contribution < 1.29 is 4.74 Å². The van der Waals surface area contributed by atoms with Gasteiger partial charge >= 0.3 is 0 Å². The van der Waals surface area contributed by atoms with Gasteiger partial charge in [-0.05, 0) is 31.5 Å². The summed E-state index contributed by atoms with van der Waals surface area (Å²) in [6, 6.07) is 7.96. The van der Waals surface area contributed by atoms with Gasteiger partial charge in [0.05, 0.1) is 6.61 Å². The smallest absolute Gasteiger partial charge is 0.132 e. The number of rotatable bonds is 4.